The smallest absolute Gasteiger partial charge is 0.267 e. The Hall–Kier alpha value is -2.17. The van der Waals surface area contributed by atoms with Gasteiger partial charge in [-0.2, -0.15) is 5.10 Å². The zero-order valence-corrected chi connectivity index (χ0v) is 9.97. The van der Waals surface area contributed by atoms with Crippen molar-refractivity contribution in [3.63, 3.8) is 0 Å². The van der Waals surface area contributed by atoms with Crippen LogP contribution in [0, 0.1) is 24.0 Å². The minimum absolute atomic E-state index is 0.110. The van der Waals surface area contributed by atoms with E-state index >= 15 is 0 Å². The number of benzene rings is 1. The van der Waals surface area contributed by atoms with Gasteiger partial charge in [-0.1, -0.05) is 12.1 Å². The van der Waals surface area contributed by atoms with E-state index in [4.69, 9.17) is 0 Å². The number of nitro benzene ring substituents is 1. The third-order valence-corrected chi connectivity index (χ3v) is 2.88. The van der Waals surface area contributed by atoms with Gasteiger partial charge in [0.1, 0.15) is 0 Å². The number of aryl methyl sites for hydroxylation is 2. The van der Waals surface area contributed by atoms with E-state index in [1.807, 2.05) is 13.8 Å². The van der Waals surface area contributed by atoms with Gasteiger partial charge >= 0.3 is 0 Å². The van der Waals surface area contributed by atoms with E-state index < -0.39 is 0 Å². The summed E-state index contributed by atoms with van der Waals surface area (Å²) in [5, 5.41) is 15.3. The summed E-state index contributed by atoms with van der Waals surface area (Å²) in [7, 11) is 1.80. The Morgan fingerprint density at radius 1 is 1.29 bits per heavy atom. The molecule has 0 fully saturated rings. The van der Waals surface area contributed by atoms with E-state index in [2.05, 4.69) is 5.10 Å². The van der Waals surface area contributed by atoms with E-state index in [0.717, 1.165) is 17.0 Å². The summed E-state index contributed by atoms with van der Waals surface area (Å²) in [6, 6.07) is 6.73. The molecule has 0 N–H and O–H groups in total. The van der Waals surface area contributed by atoms with Crippen molar-refractivity contribution in [3.05, 3.63) is 45.6 Å². The summed E-state index contributed by atoms with van der Waals surface area (Å²) in [6.45, 7) is 3.82. The van der Waals surface area contributed by atoms with Crippen molar-refractivity contribution >= 4 is 5.69 Å². The van der Waals surface area contributed by atoms with Crippen LogP contribution in [0.3, 0.4) is 0 Å². The molecule has 0 amide bonds. The van der Waals surface area contributed by atoms with Crippen LogP contribution in [-0.2, 0) is 7.05 Å². The van der Waals surface area contributed by atoms with Gasteiger partial charge in [-0.3, -0.25) is 14.8 Å². The van der Waals surface area contributed by atoms with E-state index in [1.165, 1.54) is 6.07 Å². The van der Waals surface area contributed by atoms with Crippen LogP contribution in [0.4, 0.5) is 5.69 Å². The monoisotopic (exact) mass is 231 g/mol. The first-order chi connectivity index (χ1) is 8.02. The molecular formula is C12H13N3O2. The molecule has 1 aromatic carbocycles. The van der Waals surface area contributed by atoms with Gasteiger partial charge in [0, 0.05) is 13.1 Å². The minimum atomic E-state index is -0.364. The molecule has 2 aromatic rings. The Morgan fingerprint density at radius 3 is 2.47 bits per heavy atom. The number of para-hydroxylation sites is 1. The predicted octanol–water partition coefficient (Wildman–Crippen LogP) is 2.61. The van der Waals surface area contributed by atoms with Gasteiger partial charge in [0.15, 0.2) is 0 Å². The normalized spacial score (nSPS) is 10.5. The Kier molecular flexibility index (Phi) is 2.67. The average Bonchev–Trinajstić information content (AvgIpc) is 2.53. The van der Waals surface area contributed by atoms with Crippen molar-refractivity contribution in [2.75, 3.05) is 0 Å². The fourth-order valence-electron chi connectivity index (χ4n) is 1.97. The third-order valence-electron chi connectivity index (χ3n) is 2.88. The van der Waals surface area contributed by atoms with Crippen molar-refractivity contribution in [1.29, 1.82) is 0 Å². The van der Waals surface area contributed by atoms with Crippen molar-refractivity contribution in [1.82, 2.24) is 9.78 Å². The molecule has 0 aliphatic carbocycles. The lowest BCUT2D eigenvalue weighted by molar-refractivity contribution is -0.384. The maximum Gasteiger partial charge on any atom is 0.278 e. The highest BCUT2D eigenvalue weighted by molar-refractivity contribution is 5.73. The highest BCUT2D eigenvalue weighted by atomic mass is 16.6. The zero-order valence-electron chi connectivity index (χ0n) is 9.97. The predicted molar refractivity (Wildman–Crippen MR) is 64.8 cm³/mol. The molecule has 88 valence electrons. The van der Waals surface area contributed by atoms with Crippen molar-refractivity contribution in [2.45, 2.75) is 13.8 Å². The maximum atomic E-state index is 11.0. The summed E-state index contributed by atoms with van der Waals surface area (Å²) in [4.78, 5) is 10.6. The number of nitrogens with zero attached hydrogens (tertiary/aromatic N) is 3. The summed E-state index contributed by atoms with van der Waals surface area (Å²) in [5.41, 5.74) is 3.38. The first-order valence-corrected chi connectivity index (χ1v) is 5.26. The van der Waals surface area contributed by atoms with Gasteiger partial charge in [-0.25, -0.2) is 0 Å². The van der Waals surface area contributed by atoms with Gasteiger partial charge in [0.05, 0.1) is 21.9 Å². The topological polar surface area (TPSA) is 61.0 Å². The molecule has 17 heavy (non-hydrogen) atoms. The first-order valence-electron chi connectivity index (χ1n) is 5.26. The summed E-state index contributed by atoms with van der Waals surface area (Å²) < 4.78 is 1.69. The zero-order chi connectivity index (χ0) is 12.6. The fourth-order valence-corrected chi connectivity index (χ4v) is 1.97. The molecule has 0 unspecified atom stereocenters. The number of aromatic nitrogens is 2. The summed E-state index contributed by atoms with van der Waals surface area (Å²) in [5.74, 6) is 0. The van der Waals surface area contributed by atoms with Crippen LogP contribution in [-0.4, -0.2) is 14.7 Å². The molecule has 0 atom stereocenters. The fraction of sp³-hybridized carbons (Fsp3) is 0.250. The number of rotatable bonds is 2. The molecule has 0 saturated heterocycles. The summed E-state index contributed by atoms with van der Waals surface area (Å²) in [6.07, 6.45) is 0. The van der Waals surface area contributed by atoms with Gasteiger partial charge in [-0.15, -0.1) is 0 Å². The van der Waals surface area contributed by atoms with Crippen molar-refractivity contribution in [3.8, 4) is 11.3 Å². The van der Waals surface area contributed by atoms with Crippen LogP contribution in [0.2, 0.25) is 0 Å². The average molecular weight is 231 g/mol. The maximum absolute atomic E-state index is 11.0. The molecule has 0 aliphatic heterocycles. The SMILES string of the molecule is Cc1nn(C)c(-c2ccccc2[N+](=O)[O-])c1C. The van der Waals surface area contributed by atoms with Crippen LogP contribution >= 0.6 is 0 Å². The molecular weight excluding hydrogens is 218 g/mol. The van der Waals surface area contributed by atoms with E-state index in [9.17, 15) is 10.1 Å². The molecule has 5 nitrogen and oxygen atoms in total. The second kappa shape index (κ2) is 4.01. The van der Waals surface area contributed by atoms with Crippen LogP contribution in [0.1, 0.15) is 11.3 Å². The molecule has 0 spiro atoms. The first kappa shape index (κ1) is 11.3. The summed E-state index contributed by atoms with van der Waals surface area (Å²) >= 11 is 0. The molecule has 1 heterocycles. The van der Waals surface area contributed by atoms with Gasteiger partial charge in [0.25, 0.3) is 5.69 Å². The Bertz CT molecular complexity index is 587. The van der Waals surface area contributed by atoms with E-state index in [-0.39, 0.29) is 10.6 Å². The molecule has 0 saturated carbocycles. The molecule has 2 rings (SSSR count). The van der Waals surface area contributed by atoms with Gasteiger partial charge in [0.2, 0.25) is 0 Å². The third kappa shape index (κ3) is 1.80. The van der Waals surface area contributed by atoms with Crippen LogP contribution in [0.25, 0.3) is 11.3 Å². The second-order valence-electron chi connectivity index (χ2n) is 3.96. The lowest BCUT2D eigenvalue weighted by atomic mass is 10.1. The lowest BCUT2D eigenvalue weighted by Gasteiger charge is -2.04. The standard InChI is InChI=1S/C12H13N3O2/c1-8-9(2)13-14(3)12(8)10-6-4-5-7-11(10)15(16)17/h4-7H,1-3H3. The Balaban J connectivity index is 2.72. The highest BCUT2D eigenvalue weighted by Crippen LogP contribution is 2.32. The van der Waals surface area contributed by atoms with Gasteiger partial charge < -0.3 is 0 Å². The van der Waals surface area contributed by atoms with Crippen molar-refractivity contribution in [2.24, 2.45) is 7.05 Å². The molecule has 5 heteroatoms. The number of nitro groups is 1. The minimum Gasteiger partial charge on any atom is -0.267 e. The largest absolute Gasteiger partial charge is 0.278 e. The molecule has 1 aromatic heterocycles. The quantitative estimate of drug-likeness (QED) is 0.589. The number of hydrogen-bond acceptors (Lipinski definition) is 3. The molecule has 0 aliphatic rings. The van der Waals surface area contributed by atoms with E-state index in [0.29, 0.717) is 5.56 Å². The Labute approximate surface area is 98.8 Å². The van der Waals surface area contributed by atoms with Gasteiger partial charge in [-0.05, 0) is 25.5 Å². The Morgan fingerprint density at radius 2 is 1.94 bits per heavy atom. The second-order valence-corrected chi connectivity index (χ2v) is 3.96. The molecule has 0 radical (unpaired) electrons. The van der Waals surface area contributed by atoms with Crippen molar-refractivity contribution < 1.29 is 4.92 Å². The highest BCUT2D eigenvalue weighted by Gasteiger charge is 2.20. The van der Waals surface area contributed by atoms with Crippen LogP contribution < -0.4 is 0 Å². The van der Waals surface area contributed by atoms with E-state index in [1.54, 1.807) is 29.9 Å². The van der Waals surface area contributed by atoms with Crippen LogP contribution in [0.5, 0.6) is 0 Å². The van der Waals surface area contributed by atoms with Crippen LogP contribution in [0.15, 0.2) is 24.3 Å². The number of hydrogen-bond donors (Lipinski definition) is 0. The molecule has 0 bridgehead atoms. The lowest BCUT2D eigenvalue weighted by Crippen LogP contribution is -1.98.